The fourth-order valence-electron chi connectivity index (χ4n) is 1.13. The lowest BCUT2D eigenvalue weighted by Gasteiger charge is -2.34. The second-order valence-corrected chi connectivity index (χ2v) is 6.36. The molecular weight excluding hydrogens is 267 g/mol. The molecule has 72 valence electrons. The monoisotopic (exact) mass is 284 g/mol. The van der Waals surface area contributed by atoms with Crippen LogP contribution in [-0.4, -0.2) is 23.4 Å². The van der Waals surface area contributed by atoms with Crippen molar-refractivity contribution in [2.24, 2.45) is 5.41 Å². The molecule has 1 unspecified atom stereocenters. The lowest BCUT2D eigenvalue weighted by atomic mass is 9.95. The molecule has 0 bridgehead atoms. The molecule has 0 aromatic rings. The average molecular weight is 284 g/mol. The zero-order valence-electron chi connectivity index (χ0n) is 7.97. The molecule has 1 heterocycles. The van der Waals surface area contributed by atoms with Gasteiger partial charge in [0.25, 0.3) is 0 Å². The Hall–Kier alpha value is 0.650. The first-order chi connectivity index (χ1) is 5.49. The molecule has 3 heteroatoms. The van der Waals surface area contributed by atoms with Gasteiger partial charge in [-0.25, -0.2) is 0 Å². The van der Waals surface area contributed by atoms with Gasteiger partial charge in [0.05, 0.1) is 13.2 Å². The van der Waals surface area contributed by atoms with Crippen molar-refractivity contribution in [3.63, 3.8) is 0 Å². The van der Waals surface area contributed by atoms with Gasteiger partial charge in [-0.1, -0.05) is 43.4 Å². The quantitative estimate of drug-likeness (QED) is 0.573. The third-order valence-corrected chi connectivity index (χ3v) is 2.35. The molecule has 1 aliphatic heterocycles. The van der Waals surface area contributed by atoms with Crippen LogP contribution in [0.25, 0.3) is 0 Å². The van der Waals surface area contributed by atoms with Gasteiger partial charge in [-0.3, -0.25) is 0 Å². The molecule has 1 saturated heterocycles. The maximum Gasteiger partial charge on any atom is 0.158 e. The van der Waals surface area contributed by atoms with E-state index in [4.69, 9.17) is 9.47 Å². The van der Waals surface area contributed by atoms with Gasteiger partial charge in [0, 0.05) is 15.8 Å². The summed E-state index contributed by atoms with van der Waals surface area (Å²) in [5.41, 5.74) is 0.199. The highest BCUT2D eigenvalue weighted by molar-refractivity contribution is 14.1. The van der Waals surface area contributed by atoms with Crippen LogP contribution in [0.4, 0.5) is 0 Å². The van der Waals surface area contributed by atoms with Gasteiger partial charge >= 0.3 is 0 Å². The fourth-order valence-corrected chi connectivity index (χ4v) is 1.54. The second-order valence-electron chi connectivity index (χ2n) is 4.23. The molecule has 0 radical (unpaired) electrons. The van der Waals surface area contributed by atoms with E-state index in [-0.39, 0.29) is 11.7 Å². The van der Waals surface area contributed by atoms with Gasteiger partial charge in [0.15, 0.2) is 6.29 Å². The number of hydrogen-bond acceptors (Lipinski definition) is 2. The van der Waals surface area contributed by atoms with E-state index in [1.807, 2.05) is 0 Å². The summed E-state index contributed by atoms with van der Waals surface area (Å²) in [5, 5.41) is 0. The first kappa shape index (κ1) is 10.7. The Kier molecular flexibility index (Phi) is 3.79. The summed E-state index contributed by atoms with van der Waals surface area (Å²) in [6.07, 6.45) is 1.03. The fraction of sp³-hybridized carbons (Fsp3) is 1.00. The van der Waals surface area contributed by atoms with Crippen molar-refractivity contribution >= 4 is 22.6 Å². The zero-order valence-corrected chi connectivity index (χ0v) is 10.1. The maximum absolute atomic E-state index is 5.58. The molecule has 0 amide bonds. The van der Waals surface area contributed by atoms with E-state index >= 15 is 0 Å². The smallest absolute Gasteiger partial charge is 0.158 e. The number of ether oxygens (including phenoxy) is 2. The highest BCUT2D eigenvalue weighted by atomic mass is 127. The van der Waals surface area contributed by atoms with Gasteiger partial charge in [-0.2, -0.15) is 0 Å². The van der Waals surface area contributed by atoms with Crippen LogP contribution in [0.15, 0.2) is 0 Å². The van der Waals surface area contributed by atoms with Crippen LogP contribution in [0.1, 0.15) is 27.2 Å². The van der Waals surface area contributed by atoms with Crippen molar-refractivity contribution in [3.05, 3.63) is 0 Å². The third-order valence-electron chi connectivity index (χ3n) is 1.84. The molecule has 0 N–H and O–H groups in total. The standard InChI is InChI=1S/C9H17IO2/c1-7(10)4-8-11-5-9(2,3)6-12-8/h7-8H,4-6H2,1-3H3. The van der Waals surface area contributed by atoms with Crippen molar-refractivity contribution < 1.29 is 9.47 Å². The Labute approximate surface area is 88.1 Å². The maximum atomic E-state index is 5.58. The minimum absolute atomic E-state index is 0.0323. The van der Waals surface area contributed by atoms with E-state index in [0.29, 0.717) is 3.92 Å². The molecular formula is C9H17IO2. The van der Waals surface area contributed by atoms with Crippen molar-refractivity contribution in [2.45, 2.75) is 37.4 Å². The van der Waals surface area contributed by atoms with E-state index in [9.17, 15) is 0 Å². The minimum Gasteiger partial charge on any atom is -0.352 e. The molecule has 0 aromatic carbocycles. The molecule has 1 atom stereocenters. The molecule has 1 aliphatic rings. The van der Waals surface area contributed by atoms with Crippen LogP contribution in [0.5, 0.6) is 0 Å². The first-order valence-electron chi connectivity index (χ1n) is 4.37. The van der Waals surface area contributed by atoms with Gasteiger partial charge in [0.2, 0.25) is 0 Å². The van der Waals surface area contributed by atoms with E-state index < -0.39 is 0 Å². The summed E-state index contributed by atoms with van der Waals surface area (Å²) >= 11 is 2.39. The Morgan fingerprint density at radius 3 is 2.33 bits per heavy atom. The minimum atomic E-state index is 0.0323. The molecule has 0 spiro atoms. The van der Waals surface area contributed by atoms with Crippen molar-refractivity contribution in [3.8, 4) is 0 Å². The molecule has 1 fully saturated rings. The summed E-state index contributed by atoms with van der Waals surface area (Å²) in [5.74, 6) is 0. The highest BCUT2D eigenvalue weighted by Crippen LogP contribution is 2.25. The number of alkyl halides is 1. The Bertz CT molecular complexity index is 135. The van der Waals surface area contributed by atoms with Gasteiger partial charge < -0.3 is 9.47 Å². The van der Waals surface area contributed by atoms with Crippen molar-refractivity contribution in [1.29, 1.82) is 0 Å². The predicted octanol–water partition coefficient (Wildman–Crippen LogP) is 2.60. The first-order valence-corrected chi connectivity index (χ1v) is 5.61. The van der Waals surface area contributed by atoms with E-state index in [1.54, 1.807) is 0 Å². The zero-order chi connectivity index (χ0) is 9.19. The summed E-state index contributed by atoms with van der Waals surface area (Å²) in [6.45, 7) is 8.14. The van der Waals surface area contributed by atoms with Crippen LogP contribution in [0.3, 0.4) is 0 Å². The Balaban J connectivity index is 2.27. The highest BCUT2D eigenvalue weighted by Gasteiger charge is 2.28. The molecule has 0 aliphatic carbocycles. The third kappa shape index (κ3) is 3.58. The largest absolute Gasteiger partial charge is 0.352 e. The molecule has 0 saturated carbocycles. The predicted molar refractivity (Wildman–Crippen MR) is 57.6 cm³/mol. The summed E-state index contributed by atoms with van der Waals surface area (Å²) in [7, 11) is 0. The molecule has 0 aromatic heterocycles. The molecule has 2 nitrogen and oxygen atoms in total. The summed E-state index contributed by atoms with van der Waals surface area (Å²) in [4.78, 5) is 0. The van der Waals surface area contributed by atoms with Gasteiger partial charge in [0.1, 0.15) is 0 Å². The normalized spacial score (nSPS) is 27.0. The van der Waals surface area contributed by atoms with Gasteiger partial charge in [-0.05, 0) is 0 Å². The van der Waals surface area contributed by atoms with Crippen LogP contribution >= 0.6 is 22.6 Å². The molecule has 1 rings (SSSR count). The van der Waals surface area contributed by atoms with Crippen LogP contribution in [0, 0.1) is 5.41 Å². The van der Waals surface area contributed by atoms with Crippen LogP contribution in [-0.2, 0) is 9.47 Å². The van der Waals surface area contributed by atoms with E-state index in [2.05, 4.69) is 43.4 Å². The second kappa shape index (κ2) is 4.24. The summed E-state index contributed by atoms with van der Waals surface area (Å²) in [6, 6.07) is 0. The van der Waals surface area contributed by atoms with Crippen molar-refractivity contribution in [1.82, 2.24) is 0 Å². The Morgan fingerprint density at radius 2 is 1.92 bits per heavy atom. The van der Waals surface area contributed by atoms with Crippen LogP contribution < -0.4 is 0 Å². The van der Waals surface area contributed by atoms with E-state index in [0.717, 1.165) is 19.6 Å². The lowest BCUT2D eigenvalue weighted by Crippen LogP contribution is -2.38. The van der Waals surface area contributed by atoms with Crippen molar-refractivity contribution in [2.75, 3.05) is 13.2 Å². The topological polar surface area (TPSA) is 18.5 Å². The number of halogens is 1. The SMILES string of the molecule is CC(I)CC1OCC(C)(C)CO1. The van der Waals surface area contributed by atoms with E-state index in [1.165, 1.54) is 0 Å². The Morgan fingerprint density at radius 1 is 1.42 bits per heavy atom. The number of rotatable bonds is 2. The molecule has 12 heavy (non-hydrogen) atoms. The summed E-state index contributed by atoms with van der Waals surface area (Å²) < 4.78 is 11.8. The lowest BCUT2D eigenvalue weighted by molar-refractivity contribution is -0.222. The van der Waals surface area contributed by atoms with Crippen LogP contribution in [0.2, 0.25) is 0 Å². The average Bonchev–Trinajstić information content (AvgIpc) is 1.93. The van der Waals surface area contributed by atoms with Gasteiger partial charge in [-0.15, -0.1) is 0 Å². The number of hydrogen-bond donors (Lipinski definition) is 0.